The van der Waals surface area contributed by atoms with Crippen LogP contribution in [0.4, 0.5) is 0 Å². The van der Waals surface area contributed by atoms with Crippen molar-refractivity contribution in [3.05, 3.63) is 30.1 Å². The van der Waals surface area contributed by atoms with E-state index in [0.717, 1.165) is 27.7 Å². The minimum Gasteiger partial charge on any atom is -2.00 e. The summed E-state index contributed by atoms with van der Waals surface area (Å²) < 4.78 is 0. The summed E-state index contributed by atoms with van der Waals surface area (Å²) in [5, 5.41) is 38.0. The summed E-state index contributed by atoms with van der Waals surface area (Å²) in [5.74, 6) is -4.32. The predicted molar refractivity (Wildman–Crippen MR) is 91.6 cm³/mol. The molecule has 0 spiro atoms. The third-order valence-electron chi connectivity index (χ3n) is 0.884. The fourth-order valence-electron chi connectivity index (χ4n) is 0.489. The third kappa shape index (κ3) is 151. The van der Waals surface area contributed by atoms with Gasteiger partial charge in [-0.05, 0) is 12.1 Å². The summed E-state index contributed by atoms with van der Waals surface area (Å²) in [7, 11) is 0. The number of aromatic carboxylic acids is 1. The average Bonchev–Trinajstić information content (AvgIpc) is 2.37. The zero-order valence-electron chi connectivity index (χ0n) is 15.7. The van der Waals surface area contributed by atoms with Gasteiger partial charge in [-0.3, -0.25) is 19.2 Å². The van der Waals surface area contributed by atoms with Crippen LogP contribution < -0.4 is 0 Å². The summed E-state index contributed by atoms with van der Waals surface area (Å²) in [6.45, 7) is 4.33. The van der Waals surface area contributed by atoms with Crippen LogP contribution in [0.1, 0.15) is 38.2 Å². The molecule has 29 heavy (non-hydrogen) atoms. The molecule has 0 fully saturated rings. The number of aliphatic carboxylic acids is 4. The van der Waals surface area contributed by atoms with Gasteiger partial charge in [-0.15, -0.1) is 0 Å². The van der Waals surface area contributed by atoms with E-state index < -0.39 is 29.8 Å². The van der Waals surface area contributed by atoms with E-state index >= 15 is 0 Å². The zero-order valence-corrected chi connectivity index (χ0v) is 20.8. The van der Waals surface area contributed by atoms with Crippen LogP contribution in [0, 0.1) is 0 Å². The van der Waals surface area contributed by atoms with Crippen LogP contribution in [0.5, 0.6) is 0 Å². The topological polar surface area (TPSA) is 256 Å². The molecule has 0 aliphatic rings. The Hall–Kier alpha value is -2.14. The summed E-state index contributed by atoms with van der Waals surface area (Å²) in [4.78, 5) is 49.7. The molecule has 3 radical (unpaired) electrons. The number of aromatic nitrogens is 1. The van der Waals surface area contributed by atoms with Gasteiger partial charge in [-0.25, -0.2) is 9.78 Å². The number of carboxylic acids is 5. The molecule has 0 saturated heterocycles. The number of hydrogen-bond donors (Lipinski definition) is 5. The van der Waals surface area contributed by atoms with E-state index in [2.05, 4.69) is 4.98 Å². The Morgan fingerprint density at radius 2 is 0.931 bits per heavy atom. The molecule has 165 valence electrons. The Morgan fingerprint density at radius 3 is 1.03 bits per heavy atom. The maximum absolute atomic E-state index is 10.1. The molecule has 0 bridgehead atoms. The van der Waals surface area contributed by atoms with Crippen molar-refractivity contribution in [3.63, 3.8) is 0 Å². The van der Waals surface area contributed by atoms with E-state index in [1.165, 1.54) is 12.3 Å². The molecule has 15 heteroatoms. The molecule has 0 saturated carbocycles. The van der Waals surface area contributed by atoms with Gasteiger partial charge in [0.05, 0.1) is 0 Å². The fourth-order valence-corrected chi connectivity index (χ4v) is 0.489. The van der Waals surface area contributed by atoms with E-state index in [0.29, 0.717) is 0 Å². The smallest absolute Gasteiger partial charge is 2.00 e. The van der Waals surface area contributed by atoms with E-state index in [9.17, 15) is 4.79 Å². The van der Waals surface area contributed by atoms with Crippen LogP contribution in [-0.4, -0.2) is 87.7 Å². The van der Waals surface area contributed by atoms with Crippen molar-refractivity contribution in [1.29, 1.82) is 0 Å². The zero-order chi connectivity index (χ0) is 21.0. The third-order valence-corrected chi connectivity index (χ3v) is 0.884. The molecule has 0 aromatic carbocycles. The van der Waals surface area contributed by atoms with E-state index in [4.69, 9.17) is 44.7 Å². The number of pyridine rings is 1. The van der Waals surface area contributed by atoms with E-state index in [1.807, 2.05) is 0 Å². The van der Waals surface area contributed by atoms with Crippen molar-refractivity contribution in [2.45, 2.75) is 27.7 Å². The van der Waals surface area contributed by atoms with Gasteiger partial charge in [0.1, 0.15) is 5.69 Å². The van der Waals surface area contributed by atoms with Gasteiger partial charge in [-0.2, -0.15) is 0 Å². The Kier molecular flexibility index (Phi) is 64.0. The molecule has 0 amide bonds. The second kappa shape index (κ2) is 36.7. The predicted octanol–water partition coefficient (Wildman–Crippen LogP) is 0.523. The molecular weight excluding hydrogens is 636 g/mol. The van der Waals surface area contributed by atoms with Gasteiger partial charge in [0.15, 0.2) is 0 Å². The number of nitrogens with zero attached hydrogens (tertiary/aromatic N) is 1. The summed E-state index contributed by atoms with van der Waals surface area (Å²) >= 11 is 0. The molecule has 0 aliphatic carbocycles. The van der Waals surface area contributed by atoms with Gasteiger partial charge < -0.3 is 36.5 Å². The molecule has 1 rings (SSSR count). The number of carbonyl (C=O) groups is 5. The van der Waals surface area contributed by atoms with Crippen molar-refractivity contribution in [1.82, 2.24) is 4.98 Å². The average molecular weight is 657 g/mol. The number of hydrogen-bond acceptors (Lipinski definition) is 6. The van der Waals surface area contributed by atoms with Crippen molar-refractivity contribution in [3.8, 4) is 0 Å². The van der Waals surface area contributed by atoms with E-state index in [-0.39, 0.29) is 61.0 Å². The Bertz CT molecular complexity index is 479. The summed E-state index contributed by atoms with van der Waals surface area (Å²) in [5.41, 5.74) is 0.0810. The fraction of sp³-hybridized carbons (Fsp3) is 0.286. The van der Waals surface area contributed by atoms with Crippen LogP contribution in [-0.2, 0) is 47.2 Å². The second-order valence-electron chi connectivity index (χ2n) is 3.60. The molecular formula is C14H21MnNO12Pb. The minimum atomic E-state index is -0.990. The molecule has 13 nitrogen and oxygen atoms in total. The number of rotatable bonds is 1. The van der Waals surface area contributed by atoms with Crippen LogP contribution in [0.3, 0.4) is 0 Å². The van der Waals surface area contributed by atoms with Crippen molar-refractivity contribution < 1.29 is 77.5 Å². The first-order chi connectivity index (χ1) is 11.2. The first-order valence-electron chi connectivity index (χ1n) is 6.16. The maximum Gasteiger partial charge on any atom is 2.00 e. The summed E-state index contributed by atoms with van der Waals surface area (Å²) in [6, 6.07) is 4.76. The molecule has 0 unspecified atom stereocenters. The van der Waals surface area contributed by atoms with Crippen molar-refractivity contribution in [2.24, 2.45) is 0 Å². The van der Waals surface area contributed by atoms with Crippen LogP contribution >= 0.6 is 0 Å². The largest absolute Gasteiger partial charge is 2.00 e. The quantitative estimate of drug-likeness (QED) is 0.260. The molecule has 5 N–H and O–H groups in total. The first-order valence-corrected chi connectivity index (χ1v) is 6.16. The van der Waals surface area contributed by atoms with Crippen LogP contribution in [0.2, 0.25) is 0 Å². The molecule has 0 atom stereocenters. The van der Waals surface area contributed by atoms with Gasteiger partial charge in [-0.1, -0.05) is 6.07 Å². The van der Waals surface area contributed by atoms with Crippen LogP contribution in [0.15, 0.2) is 24.4 Å². The second-order valence-corrected chi connectivity index (χ2v) is 3.60. The summed E-state index contributed by atoms with van der Waals surface area (Å²) in [6.07, 6.45) is 1.45. The van der Waals surface area contributed by atoms with Gasteiger partial charge in [0, 0.05) is 33.9 Å². The maximum atomic E-state index is 10.1. The first kappa shape index (κ1) is 50.5. The molecule has 1 aromatic rings. The molecule has 1 aromatic heterocycles. The van der Waals surface area contributed by atoms with Gasteiger partial charge in [0.2, 0.25) is 0 Å². The normalized spacial score (nSPS) is 6.21. The van der Waals surface area contributed by atoms with Crippen molar-refractivity contribution >= 4 is 57.1 Å². The van der Waals surface area contributed by atoms with Gasteiger partial charge in [0.25, 0.3) is 23.9 Å². The Balaban J connectivity index is -0.0000000325. The Labute approximate surface area is 197 Å². The monoisotopic (exact) mass is 658 g/mol. The van der Waals surface area contributed by atoms with Crippen molar-refractivity contribution in [2.75, 3.05) is 0 Å². The number of carboxylic acid groups (broad SMARTS) is 5. The SMILES string of the molecule is CC(=O)O.CC(=O)O.CC(=O)O.CC(=O)O.O=C(O)c1ccccn1.[Mn+2].[O-2].[O-2].[Pb+2]. The minimum absolute atomic E-state index is 0. The van der Waals surface area contributed by atoms with E-state index in [1.54, 1.807) is 12.1 Å². The standard InChI is InChI=1S/C6H5NO2.4C2H4O2.Mn.2O.Pb/c8-6(9)5-3-1-2-4-7-5;4*1-2(3)4;;;;/h1-4H,(H,8,9);4*1H3,(H,3,4);;;;/q;;;;;+2;2*-2;+2. The molecule has 0 aliphatic heterocycles. The Morgan fingerprint density at radius 1 is 0.690 bits per heavy atom. The molecule has 1 heterocycles. The van der Waals surface area contributed by atoms with Gasteiger partial charge >= 0.3 is 50.3 Å². The van der Waals surface area contributed by atoms with Crippen LogP contribution in [0.25, 0.3) is 0 Å².